The van der Waals surface area contributed by atoms with Crippen LogP contribution >= 0.6 is 15.9 Å². The molecule has 2 aliphatic rings. The zero-order valence-corrected chi connectivity index (χ0v) is 16.7. The van der Waals surface area contributed by atoms with Gasteiger partial charge in [0.05, 0.1) is 6.61 Å². The maximum Gasteiger partial charge on any atom is 0.333 e. The van der Waals surface area contributed by atoms with E-state index in [1.165, 1.54) is 6.33 Å². The fourth-order valence-electron chi connectivity index (χ4n) is 3.29. The van der Waals surface area contributed by atoms with Crippen molar-refractivity contribution in [2.45, 2.75) is 44.2 Å². The van der Waals surface area contributed by atoms with Crippen LogP contribution in [0.3, 0.4) is 0 Å². The largest absolute Gasteiger partial charge is 0.382 e. The van der Waals surface area contributed by atoms with Gasteiger partial charge in [0.2, 0.25) is 0 Å². The van der Waals surface area contributed by atoms with Gasteiger partial charge < -0.3 is 19.9 Å². The first-order chi connectivity index (χ1) is 12.6. The SMILES string of the molecule is CC1(C)O[C@@H]2[C@H](O1)[C@@H](COS(N)(=O)=O)O[C@H]2n1c(Br)nc2c(N)ncnc21. The highest BCUT2D eigenvalue weighted by atomic mass is 79.9. The van der Waals surface area contributed by atoms with Crippen molar-refractivity contribution in [3.8, 4) is 0 Å². The van der Waals surface area contributed by atoms with Crippen LogP contribution in [0.2, 0.25) is 0 Å². The minimum Gasteiger partial charge on any atom is -0.382 e. The first-order valence-corrected chi connectivity index (χ1v) is 10.1. The van der Waals surface area contributed by atoms with Crippen LogP contribution in [0.5, 0.6) is 0 Å². The number of nitrogens with two attached hydrogens (primary N) is 2. The molecule has 14 heteroatoms. The van der Waals surface area contributed by atoms with Gasteiger partial charge in [-0.2, -0.15) is 8.42 Å². The lowest BCUT2D eigenvalue weighted by Crippen LogP contribution is -2.34. The van der Waals surface area contributed by atoms with Crippen LogP contribution in [-0.4, -0.2) is 58.6 Å². The summed E-state index contributed by atoms with van der Waals surface area (Å²) in [6, 6.07) is 0. The molecule has 2 aliphatic heterocycles. The summed E-state index contributed by atoms with van der Waals surface area (Å²) in [6.07, 6.45) is -1.32. The third kappa shape index (κ3) is 3.41. The van der Waals surface area contributed by atoms with Crippen molar-refractivity contribution in [2.24, 2.45) is 5.14 Å². The number of fused-ring (bicyclic) bond motifs is 2. The van der Waals surface area contributed by atoms with Gasteiger partial charge in [0, 0.05) is 0 Å². The average molecular weight is 465 g/mol. The molecule has 0 bridgehead atoms. The second-order valence-corrected chi connectivity index (χ2v) is 8.52. The van der Waals surface area contributed by atoms with Gasteiger partial charge in [-0.15, -0.1) is 0 Å². The van der Waals surface area contributed by atoms with Crippen LogP contribution in [0, 0.1) is 0 Å². The smallest absolute Gasteiger partial charge is 0.333 e. The molecule has 12 nitrogen and oxygen atoms in total. The van der Waals surface area contributed by atoms with E-state index in [1.54, 1.807) is 18.4 Å². The van der Waals surface area contributed by atoms with Gasteiger partial charge in [-0.25, -0.2) is 20.1 Å². The average Bonchev–Trinajstić information content (AvgIpc) is 3.14. The van der Waals surface area contributed by atoms with Gasteiger partial charge in [-0.05, 0) is 29.8 Å². The molecule has 0 radical (unpaired) electrons. The molecule has 0 aliphatic carbocycles. The molecule has 0 saturated carbocycles. The molecule has 0 unspecified atom stereocenters. The van der Waals surface area contributed by atoms with Crippen molar-refractivity contribution in [2.75, 3.05) is 12.3 Å². The summed E-state index contributed by atoms with van der Waals surface area (Å²) in [5, 5.41) is 4.92. The Morgan fingerprint density at radius 1 is 1.33 bits per heavy atom. The van der Waals surface area contributed by atoms with Crippen molar-refractivity contribution in [3.63, 3.8) is 0 Å². The molecule has 4 rings (SSSR count). The highest BCUT2D eigenvalue weighted by Gasteiger charge is 2.56. The van der Waals surface area contributed by atoms with Gasteiger partial charge in [-0.1, -0.05) is 0 Å². The Bertz CT molecular complexity index is 997. The van der Waals surface area contributed by atoms with Crippen LogP contribution in [0.25, 0.3) is 11.2 Å². The summed E-state index contributed by atoms with van der Waals surface area (Å²) >= 11 is 3.38. The predicted molar refractivity (Wildman–Crippen MR) is 94.2 cm³/mol. The summed E-state index contributed by atoms with van der Waals surface area (Å²) in [5.41, 5.74) is 6.69. The van der Waals surface area contributed by atoms with E-state index in [0.29, 0.717) is 15.9 Å². The Morgan fingerprint density at radius 2 is 2.04 bits per heavy atom. The predicted octanol–water partition coefficient (Wildman–Crippen LogP) is -0.191. The van der Waals surface area contributed by atoms with Crippen molar-refractivity contribution in [3.05, 3.63) is 11.1 Å². The fraction of sp³-hybridized carbons (Fsp3) is 0.615. The van der Waals surface area contributed by atoms with Crippen LogP contribution in [0.4, 0.5) is 5.82 Å². The molecule has 0 amide bonds. The maximum absolute atomic E-state index is 11.2. The molecule has 2 fully saturated rings. The molecule has 0 spiro atoms. The first kappa shape index (κ1) is 18.9. The number of ether oxygens (including phenoxy) is 3. The third-order valence-electron chi connectivity index (χ3n) is 4.24. The van der Waals surface area contributed by atoms with Gasteiger partial charge in [-0.3, -0.25) is 8.75 Å². The molecule has 4 N–H and O–H groups in total. The van der Waals surface area contributed by atoms with Crippen molar-refractivity contribution >= 4 is 43.2 Å². The first-order valence-electron chi connectivity index (χ1n) is 7.88. The van der Waals surface area contributed by atoms with E-state index in [-0.39, 0.29) is 12.4 Å². The van der Waals surface area contributed by atoms with Crippen LogP contribution in [0.15, 0.2) is 11.1 Å². The van der Waals surface area contributed by atoms with Crippen molar-refractivity contribution in [1.29, 1.82) is 0 Å². The molecule has 0 aromatic carbocycles. The normalized spacial score (nSPS) is 30.1. The van der Waals surface area contributed by atoms with E-state index in [0.717, 1.165) is 0 Å². The van der Waals surface area contributed by atoms with E-state index in [9.17, 15) is 8.42 Å². The Labute approximate surface area is 162 Å². The Hall–Kier alpha value is -1.42. The molecular weight excluding hydrogens is 448 g/mol. The molecule has 27 heavy (non-hydrogen) atoms. The molecule has 2 aromatic heterocycles. The van der Waals surface area contributed by atoms with Gasteiger partial charge in [0.15, 0.2) is 33.7 Å². The summed E-state index contributed by atoms with van der Waals surface area (Å²) in [7, 11) is -4.13. The number of anilines is 1. The lowest BCUT2D eigenvalue weighted by Gasteiger charge is -2.24. The maximum atomic E-state index is 11.2. The number of imidazole rings is 1. The lowest BCUT2D eigenvalue weighted by molar-refractivity contribution is -0.199. The number of halogens is 1. The van der Waals surface area contributed by atoms with Crippen molar-refractivity contribution in [1.82, 2.24) is 19.5 Å². The third-order valence-corrected chi connectivity index (χ3v) is 5.26. The highest BCUT2D eigenvalue weighted by molar-refractivity contribution is 9.10. The molecular formula is C13H17BrN6O6S. The minimum absolute atomic E-state index is 0.215. The fourth-order valence-corrected chi connectivity index (χ4v) is 4.16. The zero-order valence-electron chi connectivity index (χ0n) is 14.3. The molecule has 2 aromatic rings. The van der Waals surface area contributed by atoms with Crippen LogP contribution < -0.4 is 10.9 Å². The van der Waals surface area contributed by atoms with E-state index < -0.39 is 40.6 Å². The molecule has 4 heterocycles. The monoisotopic (exact) mass is 464 g/mol. The summed E-state index contributed by atoms with van der Waals surface area (Å²) < 4.78 is 46.9. The van der Waals surface area contributed by atoms with Gasteiger partial charge in [0.1, 0.15) is 24.6 Å². The van der Waals surface area contributed by atoms with E-state index in [2.05, 4.69) is 30.9 Å². The highest BCUT2D eigenvalue weighted by Crippen LogP contribution is 2.45. The number of hydrogen-bond donors (Lipinski definition) is 2. The minimum atomic E-state index is -4.13. The van der Waals surface area contributed by atoms with Gasteiger partial charge >= 0.3 is 10.3 Å². The number of hydrogen-bond acceptors (Lipinski definition) is 10. The number of aromatic nitrogens is 4. The summed E-state index contributed by atoms with van der Waals surface area (Å²) in [4.78, 5) is 12.5. The second-order valence-electron chi connectivity index (χ2n) is 6.59. The van der Waals surface area contributed by atoms with Crippen LogP contribution in [0.1, 0.15) is 20.1 Å². The van der Waals surface area contributed by atoms with Crippen LogP contribution in [-0.2, 0) is 28.7 Å². The summed E-state index contributed by atoms with van der Waals surface area (Å²) in [6.45, 7) is 3.18. The summed E-state index contributed by atoms with van der Waals surface area (Å²) in [5.74, 6) is -0.680. The quantitative estimate of drug-likeness (QED) is 0.578. The lowest BCUT2D eigenvalue weighted by atomic mass is 10.1. The van der Waals surface area contributed by atoms with E-state index >= 15 is 0 Å². The molecule has 4 atom stereocenters. The number of nitrogens with zero attached hydrogens (tertiary/aromatic N) is 4. The standard InChI is InChI=1S/C13H17BrN6O6S/c1-13(2)25-7-5(3-23-27(16,21)22)24-11(8(7)26-13)20-10-6(19-12(20)14)9(15)17-4-18-10/h4-5,7-8,11H,3H2,1-2H3,(H2,15,17,18)(H2,16,21,22)/t5-,7-,8-,11-/m1/s1. The molecule has 148 valence electrons. The Balaban J connectivity index is 1.73. The van der Waals surface area contributed by atoms with Crippen molar-refractivity contribution < 1.29 is 26.8 Å². The topological polar surface area (TPSA) is 167 Å². The number of nitrogen functional groups attached to an aromatic ring is 1. The molecule has 2 saturated heterocycles. The number of rotatable bonds is 4. The second kappa shape index (κ2) is 6.30. The van der Waals surface area contributed by atoms with E-state index in [4.69, 9.17) is 29.3 Å². The zero-order chi connectivity index (χ0) is 19.6. The Kier molecular flexibility index (Phi) is 4.41. The Morgan fingerprint density at radius 3 is 2.74 bits per heavy atom. The van der Waals surface area contributed by atoms with Gasteiger partial charge in [0.25, 0.3) is 0 Å². The van der Waals surface area contributed by atoms with E-state index in [1.807, 2.05) is 0 Å².